The molecule has 280 valence electrons. The van der Waals surface area contributed by atoms with Crippen LogP contribution in [-0.2, 0) is 11.8 Å². The minimum absolute atomic E-state index is 0.00105. The fraction of sp³-hybridized carbons (Fsp3) is 0.143. The van der Waals surface area contributed by atoms with Gasteiger partial charge in [0.1, 0.15) is 0 Å². The molecule has 0 N–H and O–H groups in total. The summed E-state index contributed by atoms with van der Waals surface area (Å²) in [6, 6.07) is 65.6. The summed E-state index contributed by atoms with van der Waals surface area (Å²) in [5.74, 6) is 0.313. The molecular weight excluding hydrogens is 701 g/mol. The van der Waals surface area contributed by atoms with Gasteiger partial charge in [0.05, 0.1) is 22.7 Å². The molecule has 0 unspecified atom stereocenters. The van der Waals surface area contributed by atoms with Crippen LogP contribution >= 0.6 is 0 Å². The predicted octanol–water partition coefficient (Wildman–Crippen LogP) is 16.2. The van der Waals surface area contributed by atoms with Crippen LogP contribution in [0.3, 0.4) is 0 Å². The fourth-order valence-corrected chi connectivity index (χ4v) is 10.1. The topological polar surface area (TPSA) is 6.48 Å². The summed E-state index contributed by atoms with van der Waals surface area (Å²) < 4.78 is 0. The lowest BCUT2D eigenvalue weighted by Gasteiger charge is -2.37. The van der Waals surface area contributed by atoms with Gasteiger partial charge in [-0.05, 0) is 122 Å². The first kappa shape index (κ1) is 34.6. The Kier molecular flexibility index (Phi) is 7.88. The zero-order valence-electron chi connectivity index (χ0n) is 33.6. The highest BCUT2D eigenvalue weighted by atomic mass is 15.2. The second-order valence-corrected chi connectivity index (χ2v) is 17.2. The first-order chi connectivity index (χ1) is 28.4. The molecule has 2 heteroatoms. The summed E-state index contributed by atoms with van der Waals surface area (Å²) >= 11 is 0. The molecule has 1 aliphatic rings. The van der Waals surface area contributed by atoms with E-state index >= 15 is 0 Å². The molecule has 0 aliphatic heterocycles. The van der Waals surface area contributed by atoms with E-state index < -0.39 is 0 Å². The average Bonchev–Trinajstić information content (AvgIpc) is 3.26. The molecule has 0 atom stereocenters. The lowest BCUT2D eigenvalue weighted by molar-refractivity contribution is 0.475. The van der Waals surface area contributed by atoms with E-state index in [1.54, 1.807) is 0 Å². The minimum atomic E-state index is 0.00105. The Morgan fingerprint density at radius 2 is 0.948 bits per heavy atom. The van der Waals surface area contributed by atoms with Gasteiger partial charge in [-0.1, -0.05) is 149 Å². The van der Waals surface area contributed by atoms with Gasteiger partial charge in [0, 0.05) is 38.3 Å². The smallest absolute Gasteiger partial charge is 0.0543 e. The summed E-state index contributed by atoms with van der Waals surface area (Å²) in [4.78, 5) is 5.07. The maximum absolute atomic E-state index is 2.59. The molecule has 1 aliphatic carbocycles. The highest BCUT2D eigenvalue weighted by Gasteiger charge is 2.34. The Morgan fingerprint density at radius 1 is 0.431 bits per heavy atom. The standard InChI is InChI=1S/C56H46N2/c1-36(2)46-35-52(58(41-23-9-6-10-24-41)50-28-16-20-38-18-12-14-26-43(38)50)47-34-48-53-39(31-32-56(48,3)4)33-51(45-30-29-44(46)54(47)55(45)53)57(40-21-7-5-8-22-40)49-27-15-19-37-17-11-13-25-42(37)49/h5-30,33-36H,31-32H2,1-4H3. The molecule has 58 heavy (non-hydrogen) atoms. The highest BCUT2D eigenvalue weighted by molar-refractivity contribution is 6.30. The quantitative estimate of drug-likeness (QED) is 0.150. The lowest BCUT2D eigenvalue weighted by atomic mass is 9.70. The highest BCUT2D eigenvalue weighted by Crippen LogP contribution is 2.55. The van der Waals surface area contributed by atoms with Crippen molar-refractivity contribution in [3.8, 4) is 0 Å². The van der Waals surface area contributed by atoms with Gasteiger partial charge in [-0.15, -0.1) is 0 Å². The van der Waals surface area contributed by atoms with Crippen molar-refractivity contribution in [2.45, 2.75) is 51.9 Å². The molecule has 0 fully saturated rings. The number of aryl methyl sites for hydroxylation is 1. The summed E-state index contributed by atoms with van der Waals surface area (Å²) in [7, 11) is 0. The van der Waals surface area contributed by atoms with E-state index in [1.165, 1.54) is 93.3 Å². The third kappa shape index (κ3) is 5.24. The van der Waals surface area contributed by atoms with Gasteiger partial charge in [-0.2, -0.15) is 0 Å². The fourth-order valence-electron chi connectivity index (χ4n) is 10.1. The molecule has 0 aromatic heterocycles. The summed E-state index contributed by atoms with van der Waals surface area (Å²) in [5.41, 5.74) is 11.4. The van der Waals surface area contributed by atoms with Crippen LogP contribution in [0.5, 0.6) is 0 Å². The number of para-hydroxylation sites is 2. The van der Waals surface area contributed by atoms with Crippen LogP contribution in [0.15, 0.2) is 176 Å². The molecule has 11 rings (SSSR count). The SMILES string of the molecule is CC(C)c1cc(N(c2ccccc2)c2cccc3ccccc23)c2cc3c4c(cc(N(c5ccccc5)c5cccc6ccccc56)c5ccc1c2c54)CCC3(C)C. The van der Waals surface area contributed by atoms with Crippen LogP contribution in [0.2, 0.25) is 0 Å². The van der Waals surface area contributed by atoms with E-state index in [0.717, 1.165) is 24.2 Å². The molecular formula is C56H46N2. The molecule has 0 bridgehead atoms. The van der Waals surface area contributed by atoms with Crippen LogP contribution < -0.4 is 9.80 Å². The normalized spacial score (nSPS) is 13.7. The minimum Gasteiger partial charge on any atom is -0.309 e. The van der Waals surface area contributed by atoms with Crippen molar-refractivity contribution in [1.82, 2.24) is 0 Å². The van der Waals surface area contributed by atoms with Crippen molar-refractivity contribution in [1.29, 1.82) is 0 Å². The summed E-state index contributed by atoms with van der Waals surface area (Å²) in [6.07, 6.45) is 2.13. The van der Waals surface area contributed by atoms with Gasteiger partial charge in [0.25, 0.3) is 0 Å². The number of benzene rings is 10. The average molecular weight is 747 g/mol. The van der Waals surface area contributed by atoms with E-state index in [9.17, 15) is 0 Å². The molecule has 2 nitrogen and oxygen atoms in total. The summed E-state index contributed by atoms with van der Waals surface area (Å²) in [6.45, 7) is 9.63. The predicted molar refractivity (Wildman–Crippen MR) is 250 cm³/mol. The second kappa shape index (κ2) is 13.2. The third-order valence-corrected chi connectivity index (χ3v) is 13.0. The monoisotopic (exact) mass is 746 g/mol. The zero-order valence-corrected chi connectivity index (χ0v) is 33.6. The first-order valence-corrected chi connectivity index (χ1v) is 20.8. The Morgan fingerprint density at radius 3 is 1.53 bits per heavy atom. The van der Waals surface area contributed by atoms with E-state index in [4.69, 9.17) is 0 Å². The van der Waals surface area contributed by atoms with Gasteiger partial charge in [-0.3, -0.25) is 0 Å². The van der Waals surface area contributed by atoms with Gasteiger partial charge in [0.2, 0.25) is 0 Å². The van der Waals surface area contributed by atoms with Gasteiger partial charge in [-0.25, -0.2) is 0 Å². The van der Waals surface area contributed by atoms with E-state index in [1.807, 2.05) is 0 Å². The largest absolute Gasteiger partial charge is 0.309 e. The van der Waals surface area contributed by atoms with E-state index in [2.05, 4.69) is 213 Å². The van der Waals surface area contributed by atoms with Gasteiger partial charge < -0.3 is 9.80 Å². The van der Waals surface area contributed by atoms with E-state index in [-0.39, 0.29) is 5.41 Å². The van der Waals surface area contributed by atoms with Gasteiger partial charge in [0.15, 0.2) is 0 Å². The Balaban J connectivity index is 1.32. The van der Waals surface area contributed by atoms with Crippen LogP contribution in [0.25, 0.3) is 53.9 Å². The molecule has 10 aromatic rings. The number of anilines is 6. The number of nitrogens with zero attached hydrogens (tertiary/aromatic N) is 2. The maximum Gasteiger partial charge on any atom is 0.0543 e. The molecule has 10 aromatic carbocycles. The molecule has 0 saturated carbocycles. The van der Waals surface area contributed by atoms with Gasteiger partial charge >= 0.3 is 0 Å². The lowest BCUT2D eigenvalue weighted by Crippen LogP contribution is -2.24. The number of fused-ring (bicyclic) bond motifs is 2. The van der Waals surface area contributed by atoms with Crippen molar-refractivity contribution in [3.63, 3.8) is 0 Å². The Labute approximate surface area is 340 Å². The van der Waals surface area contributed by atoms with Crippen LogP contribution in [-0.4, -0.2) is 0 Å². The zero-order chi connectivity index (χ0) is 39.1. The van der Waals surface area contributed by atoms with Crippen molar-refractivity contribution >= 4 is 88.0 Å². The van der Waals surface area contributed by atoms with Crippen molar-refractivity contribution in [2.24, 2.45) is 0 Å². The number of hydrogen-bond donors (Lipinski definition) is 0. The third-order valence-electron chi connectivity index (χ3n) is 13.0. The van der Waals surface area contributed by atoms with E-state index in [0.29, 0.717) is 5.92 Å². The van der Waals surface area contributed by atoms with Crippen LogP contribution in [0.1, 0.15) is 56.7 Å². The van der Waals surface area contributed by atoms with Crippen molar-refractivity contribution in [3.05, 3.63) is 193 Å². The molecule has 0 heterocycles. The van der Waals surface area contributed by atoms with Crippen molar-refractivity contribution in [2.75, 3.05) is 9.80 Å². The Hall–Kier alpha value is -6.64. The maximum atomic E-state index is 2.59. The molecule has 0 saturated heterocycles. The number of rotatable bonds is 7. The van der Waals surface area contributed by atoms with Crippen molar-refractivity contribution < 1.29 is 0 Å². The number of hydrogen-bond acceptors (Lipinski definition) is 2. The summed E-state index contributed by atoms with van der Waals surface area (Å²) in [5, 5.41) is 13.1. The first-order valence-electron chi connectivity index (χ1n) is 20.8. The molecule has 0 amide bonds. The molecule has 0 spiro atoms. The van der Waals surface area contributed by atoms with Crippen LogP contribution in [0, 0.1) is 0 Å². The second-order valence-electron chi connectivity index (χ2n) is 17.2. The molecule has 0 radical (unpaired) electrons. The van der Waals surface area contributed by atoms with Crippen LogP contribution in [0.4, 0.5) is 34.1 Å². The Bertz CT molecular complexity index is 3170.